The van der Waals surface area contributed by atoms with Crippen LogP contribution in [0.25, 0.3) is 0 Å². The van der Waals surface area contributed by atoms with Crippen molar-refractivity contribution in [3.8, 4) is 5.75 Å². The van der Waals surface area contributed by atoms with Crippen LogP contribution in [0.5, 0.6) is 5.75 Å². The molecule has 1 spiro atoms. The van der Waals surface area contributed by atoms with Gasteiger partial charge in [-0.05, 0) is 139 Å². The SMILES string of the molecule is CC=O.CN(C)C1CCCC1.COC1/C=C/CC(C)C(C)S(=O)NC(=O)c2ccc3c(c2)N(CC2CCC21)C[C@@]1(CCCc2cc(Cl)ccc21)CO3. The number of hydrogen-bond acceptors (Lipinski definition) is 7. The number of nitrogens with one attached hydrogen (secondary N) is 1. The van der Waals surface area contributed by atoms with Crippen molar-refractivity contribution in [2.75, 3.05) is 45.8 Å². The van der Waals surface area contributed by atoms with E-state index in [9.17, 15) is 9.00 Å². The van der Waals surface area contributed by atoms with E-state index < -0.39 is 11.0 Å². The van der Waals surface area contributed by atoms with E-state index in [1.807, 2.05) is 25.1 Å². The lowest BCUT2D eigenvalue weighted by Crippen LogP contribution is -2.49. The summed E-state index contributed by atoms with van der Waals surface area (Å²) in [5, 5.41) is 0.589. The fraction of sp³-hybridized carbons (Fsp3) is 0.619. The molecule has 0 aromatic heterocycles. The van der Waals surface area contributed by atoms with Crippen molar-refractivity contribution in [3.63, 3.8) is 0 Å². The van der Waals surface area contributed by atoms with Crippen LogP contribution >= 0.6 is 11.6 Å². The van der Waals surface area contributed by atoms with Gasteiger partial charge in [-0.1, -0.05) is 49.6 Å². The van der Waals surface area contributed by atoms with Gasteiger partial charge in [-0.3, -0.25) is 9.52 Å². The number of halogens is 1. The molecule has 2 fully saturated rings. The molecule has 2 heterocycles. The predicted octanol–water partition coefficient (Wildman–Crippen LogP) is 7.93. The van der Waals surface area contributed by atoms with E-state index in [4.69, 9.17) is 25.9 Å². The number of aryl methyl sites for hydroxylation is 1. The maximum Gasteiger partial charge on any atom is 0.263 e. The molecule has 1 amide bonds. The minimum Gasteiger partial charge on any atom is -0.490 e. The zero-order valence-electron chi connectivity index (χ0n) is 32.1. The quantitative estimate of drug-likeness (QED) is 0.246. The van der Waals surface area contributed by atoms with E-state index in [1.165, 1.54) is 43.7 Å². The second-order valence-electron chi connectivity index (χ2n) is 15.7. The molecular weight excluding hydrogens is 694 g/mol. The number of ether oxygens (including phenoxy) is 2. The number of rotatable bonds is 2. The maximum atomic E-state index is 13.3. The van der Waals surface area contributed by atoms with Crippen LogP contribution < -0.4 is 14.4 Å². The number of methoxy groups -OCH3 is 1. The van der Waals surface area contributed by atoms with E-state index in [2.05, 4.69) is 59.8 Å². The fourth-order valence-corrected chi connectivity index (χ4v) is 9.90. The first-order chi connectivity index (χ1) is 25.0. The van der Waals surface area contributed by atoms with Crippen LogP contribution in [-0.2, 0) is 32.4 Å². The van der Waals surface area contributed by atoms with Gasteiger partial charge in [0.15, 0.2) is 0 Å². The number of hydrogen-bond donors (Lipinski definition) is 1. The topological polar surface area (TPSA) is 88.2 Å². The van der Waals surface area contributed by atoms with Crippen molar-refractivity contribution < 1.29 is 23.3 Å². The lowest BCUT2D eigenvalue weighted by atomic mass is 9.68. The number of benzene rings is 2. The predicted molar refractivity (Wildman–Crippen MR) is 213 cm³/mol. The number of amides is 1. The zero-order chi connectivity index (χ0) is 37.4. The Kier molecular flexibility index (Phi) is 14.4. The molecule has 2 saturated carbocycles. The molecule has 6 unspecified atom stereocenters. The summed E-state index contributed by atoms with van der Waals surface area (Å²) in [5.41, 5.74) is 3.90. The van der Waals surface area contributed by atoms with Crippen LogP contribution in [0.4, 0.5) is 5.69 Å². The Morgan fingerprint density at radius 1 is 1.08 bits per heavy atom. The summed E-state index contributed by atoms with van der Waals surface area (Å²) in [6.45, 7) is 7.71. The summed E-state index contributed by atoms with van der Waals surface area (Å²) in [5.74, 6) is 1.53. The molecule has 52 heavy (non-hydrogen) atoms. The fourth-order valence-electron chi connectivity index (χ4n) is 8.68. The highest BCUT2D eigenvalue weighted by atomic mass is 35.5. The molecule has 10 heteroatoms. The highest BCUT2D eigenvalue weighted by Gasteiger charge is 2.44. The van der Waals surface area contributed by atoms with E-state index in [-0.39, 0.29) is 28.6 Å². The van der Waals surface area contributed by atoms with E-state index >= 15 is 0 Å². The molecular formula is C42H60ClN3O5S. The summed E-state index contributed by atoms with van der Waals surface area (Å²) in [6.07, 6.45) is 17.1. The second kappa shape index (κ2) is 18.5. The number of anilines is 1. The highest BCUT2D eigenvalue weighted by Crippen LogP contribution is 2.47. The van der Waals surface area contributed by atoms with Crippen molar-refractivity contribution in [1.29, 1.82) is 0 Å². The number of carbonyl (C=O) groups is 2. The summed E-state index contributed by atoms with van der Waals surface area (Å²) in [4.78, 5) is 26.9. The Balaban J connectivity index is 0.000000411. The smallest absolute Gasteiger partial charge is 0.263 e. The van der Waals surface area contributed by atoms with E-state index in [0.717, 1.165) is 80.4 Å². The summed E-state index contributed by atoms with van der Waals surface area (Å²) in [6, 6.07) is 12.9. The third-order valence-corrected chi connectivity index (χ3v) is 13.9. The Morgan fingerprint density at radius 2 is 1.83 bits per heavy atom. The monoisotopic (exact) mass is 753 g/mol. The third-order valence-electron chi connectivity index (χ3n) is 12.1. The standard InChI is InChI=1S/C33H41ClN2O4S.C7H15N.C2H4O/c1-21-6-4-8-30(39-3)27-12-9-25(27)18-36-19-33(15-5-7-23-16-26(34)11-13-28(23)33)20-40-31-14-10-24(17-29(31)36)32(37)35-41(38)22(21)2;1-8(2)7-5-3-4-6-7;1-2-3/h4,8,10-11,13-14,16-17,21-22,25,27,30H,5-7,9,12,15,18-20H2,1-3H3,(H,35,37);7H,3-6H2,1-2H3;2H,1H3/b8-4+;;/t21?,22?,25?,27?,30?,33-,41?;;/m0../s1. The van der Waals surface area contributed by atoms with Gasteiger partial charge >= 0.3 is 0 Å². The summed E-state index contributed by atoms with van der Waals surface area (Å²) >= 11 is 6.41. The Morgan fingerprint density at radius 3 is 2.48 bits per heavy atom. The van der Waals surface area contributed by atoms with Crippen LogP contribution in [0.15, 0.2) is 48.6 Å². The largest absolute Gasteiger partial charge is 0.490 e. The van der Waals surface area contributed by atoms with Crippen molar-refractivity contribution in [2.45, 2.75) is 108 Å². The van der Waals surface area contributed by atoms with E-state index in [1.54, 1.807) is 13.2 Å². The van der Waals surface area contributed by atoms with Gasteiger partial charge in [0, 0.05) is 42.2 Å². The Hall–Kier alpha value is -2.72. The van der Waals surface area contributed by atoms with Crippen molar-refractivity contribution in [3.05, 3.63) is 70.3 Å². The van der Waals surface area contributed by atoms with Gasteiger partial charge in [0.05, 0.1) is 23.6 Å². The van der Waals surface area contributed by atoms with Gasteiger partial charge in [0.2, 0.25) is 0 Å². The first-order valence-electron chi connectivity index (χ1n) is 19.3. The van der Waals surface area contributed by atoms with E-state index in [0.29, 0.717) is 24.0 Å². The van der Waals surface area contributed by atoms with Crippen LogP contribution in [0.3, 0.4) is 0 Å². The van der Waals surface area contributed by atoms with Crippen LogP contribution in [-0.4, -0.2) is 79.6 Å². The van der Waals surface area contributed by atoms with Crippen LogP contribution in [0.2, 0.25) is 5.02 Å². The molecule has 2 aromatic carbocycles. The Bertz CT molecular complexity index is 1580. The number of allylic oxidation sites excluding steroid dienone is 1. The first kappa shape index (κ1) is 40.5. The summed E-state index contributed by atoms with van der Waals surface area (Å²) in [7, 11) is 4.66. The molecule has 3 aliphatic carbocycles. The number of nitrogens with zero attached hydrogens (tertiary/aromatic N) is 2. The molecule has 286 valence electrons. The average Bonchev–Trinajstić information content (AvgIpc) is 3.62. The second-order valence-corrected chi connectivity index (χ2v) is 17.7. The highest BCUT2D eigenvalue weighted by molar-refractivity contribution is 7.84. The minimum atomic E-state index is -1.50. The first-order valence-corrected chi connectivity index (χ1v) is 20.9. The van der Waals surface area contributed by atoms with Crippen LogP contribution in [0, 0.1) is 17.8 Å². The third kappa shape index (κ3) is 9.49. The number of carbonyl (C=O) groups excluding carboxylic acids is 2. The molecule has 0 radical (unpaired) electrons. The molecule has 7 rings (SSSR count). The van der Waals surface area contributed by atoms with Gasteiger partial charge in [-0.15, -0.1) is 0 Å². The molecule has 2 aromatic rings. The molecule has 2 aliphatic heterocycles. The summed E-state index contributed by atoms with van der Waals surface area (Å²) < 4.78 is 28.5. The molecule has 1 N–H and O–H groups in total. The van der Waals surface area contributed by atoms with Gasteiger partial charge < -0.3 is 24.1 Å². The van der Waals surface area contributed by atoms with Crippen LogP contribution in [0.1, 0.15) is 100 Å². The lowest BCUT2D eigenvalue weighted by molar-refractivity contribution is -0.106. The average molecular weight is 754 g/mol. The van der Waals surface area contributed by atoms with Gasteiger partial charge in [-0.25, -0.2) is 4.21 Å². The van der Waals surface area contributed by atoms with Gasteiger partial charge in [0.25, 0.3) is 5.91 Å². The zero-order valence-corrected chi connectivity index (χ0v) is 33.6. The number of fused-ring (bicyclic) bond motifs is 4. The molecule has 7 atom stereocenters. The molecule has 2 bridgehead atoms. The van der Waals surface area contributed by atoms with Gasteiger partial charge in [0.1, 0.15) is 23.0 Å². The minimum absolute atomic E-state index is 0.0508. The van der Waals surface area contributed by atoms with Crippen molar-refractivity contribution >= 4 is 40.5 Å². The maximum absolute atomic E-state index is 13.3. The normalized spacial score (nSPS) is 30.8. The molecule has 0 saturated heterocycles. The van der Waals surface area contributed by atoms with Gasteiger partial charge in [-0.2, -0.15) is 0 Å². The number of aldehydes is 1. The Labute approximate surface area is 319 Å². The molecule has 8 nitrogen and oxygen atoms in total. The lowest BCUT2D eigenvalue weighted by Gasteiger charge is -2.46. The van der Waals surface area contributed by atoms with Crippen molar-refractivity contribution in [1.82, 2.24) is 9.62 Å². The molecule has 5 aliphatic rings. The van der Waals surface area contributed by atoms with Crippen molar-refractivity contribution in [2.24, 2.45) is 17.8 Å².